The zero-order valence-corrected chi connectivity index (χ0v) is 11.0. The van der Waals surface area contributed by atoms with Gasteiger partial charge in [0.2, 0.25) is 0 Å². The van der Waals surface area contributed by atoms with E-state index in [0.717, 1.165) is 12.1 Å². The summed E-state index contributed by atoms with van der Waals surface area (Å²) in [5.74, 6) is 0. The third kappa shape index (κ3) is 3.62. The van der Waals surface area contributed by atoms with Crippen LogP contribution in [0.1, 0.15) is 65.2 Å². The van der Waals surface area contributed by atoms with Crippen molar-refractivity contribution >= 4 is 0 Å². The molecule has 2 rings (SSSR count). The average molecular weight is 221 g/mol. The molecule has 92 valence electrons. The van der Waals surface area contributed by atoms with Crippen LogP contribution in [0.25, 0.3) is 0 Å². The fraction of sp³-hybridized carbons (Fsp3) is 0.867. The van der Waals surface area contributed by atoms with Crippen LogP contribution in [0, 0.1) is 5.41 Å². The number of hydrogen-bond acceptors (Lipinski definition) is 1. The van der Waals surface area contributed by atoms with Gasteiger partial charge in [0.05, 0.1) is 0 Å². The lowest BCUT2D eigenvalue weighted by molar-refractivity contribution is 0.305. The molecule has 0 aliphatic heterocycles. The fourth-order valence-corrected chi connectivity index (χ4v) is 3.11. The Bertz CT molecular complexity index is 242. The van der Waals surface area contributed by atoms with Gasteiger partial charge in [-0.3, -0.25) is 0 Å². The van der Waals surface area contributed by atoms with Gasteiger partial charge in [-0.25, -0.2) is 0 Å². The predicted molar refractivity (Wildman–Crippen MR) is 70.6 cm³/mol. The molecule has 1 saturated carbocycles. The van der Waals surface area contributed by atoms with Crippen molar-refractivity contribution in [3.05, 3.63) is 12.2 Å². The molecule has 2 aliphatic rings. The van der Waals surface area contributed by atoms with Crippen molar-refractivity contribution in [2.24, 2.45) is 5.41 Å². The number of hydrogen-bond donors (Lipinski definition) is 1. The summed E-state index contributed by atoms with van der Waals surface area (Å²) in [7, 11) is 0. The van der Waals surface area contributed by atoms with Gasteiger partial charge in [0.1, 0.15) is 0 Å². The second kappa shape index (κ2) is 5.35. The molecule has 1 fully saturated rings. The molecule has 0 bridgehead atoms. The summed E-state index contributed by atoms with van der Waals surface area (Å²) in [6, 6.07) is 1.55. The first-order chi connectivity index (χ1) is 7.66. The van der Waals surface area contributed by atoms with E-state index in [1.54, 1.807) is 0 Å². The lowest BCUT2D eigenvalue weighted by Gasteiger charge is -2.26. The van der Waals surface area contributed by atoms with Crippen LogP contribution in [-0.4, -0.2) is 12.1 Å². The standard InChI is InChI=1S/C15H27N/c1-15(2)11-6-9-14(10-12-15)16-13-7-4-3-5-8-13/h3-4,13-14,16H,5-12H2,1-2H3. The van der Waals surface area contributed by atoms with Crippen LogP contribution in [0.15, 0.2) is 12.2 Å². The molecule has 1 nitrogen and oxygen atoms in total. The second-order valence-corrected chi connectivity index (χ2v) is 6.44. The van der Waals surface area contributed by atoms with Gasteiger partial charge in [0, 0.05) is 12.1 Å². The minimum Gasteiger partial charge on any atom is -0.311 e. The highest BCUT2D eigenvalue weighted by molar-refractivity contribution is 4.94. The third-order valence-corrected chi connectivity index (χ3v) is 4.32. The Morgan fingerprint density at radius 3 is 2.62 bits per heavy atom. The van der Waals surface area contributed by atoms with Crippen LogP contribution < -0.4 is 5.32 Å². The van der Waals surface area contributed by atoms with Crippen LogP contribution in [-0.2, 0) is 0 Å². The van der Waals surface area contributed by atoms with E-state index in [1.807, 2.05) is 0 Å². The maximum Gasteiger partial charge on any atom is 0.0107 e. The molecular weight excluding hydrogens is 194 g/mol. The van der Waals surface area contributed by atoms with Crippen molar-refractivity contribution in [3.8, 4) is 0 Å². The first-order valence-electron chi connectivity index (χ1n) is 7.07. The summed E-state index contributed by atoms with van der Waals surface area (Å²) < 4.78 is 0. The monoisotopic (exact) mass is 221 g/mol. The molecular formula is C15H27N. The van der Waals surface area contributed by atoms with Gasteiger partial charge in [-0.2, -0.15) is 0 Å². The normalized spacial score (nSPS) is 34.6. The molecule has 2 unspecified atom stereocenters. The van der Waals surface area contributed by atoms with Crippen molar-refractivity contribution < 1.29 is 0 Å². The van der Waals surface area contributed by atoms with Gasteiger partial charge in [-0.1, -0.05) is 32.4 Å². The molecule has 0 aromatic rings. The molecule has 1 N–H and O–H groups in total. The van der Waals surface area contributed by atoms with Crippen LogP contribution in [0.2, 0.25) is 0 Å². The maximum absolute atomic E-state index is 3.88. The Hall–Kier alpha value is -0.300. The highest BCUT2D eigenvalue weighted by Crippen LogP contribution is 2.34. The first-order valence-corrected chi connectivity index (χ1v) is 7.07. The van der Waals surface area contributed by atoms with E-state index in [9.17, 15) is 0 Å². The molecule has 1 heteroatoms. The van der Waals surface area contributed by atoms with Crippen molar-refractivity contribution in [1.82, 2.24) is 5.32 Å². The van der Waals surface area contributed by atoms with E-state index >= 15 is 0 Å². The van der Waals surface area contributed by atoms with Gasteiger partial charge in [-0.15, -0.1) is 0 Å². The SMILES string of the molecule is CC1(C)CCCC(NC2CC=CCC2)CC1. The summed E-state index contributed by atoms with van der Waals surface area (Å²) in [4.78, 5) is 0. The summed E-state index contributed by atoms with van der Waals surface area (Å²) in [5.41, 5.74) is 0.586. The summed E-state index contributed by atoms with van der Waals surface area (Å²) >= 11 is 0. The maximum atomic E-state index is 3.88. The van der Waals surface area contributed by atoms with Crippen LogP contribution in [0.5, 0.6) is 0 Å². The Kier molecular flexibility index (Phi) is 4.07. The Labute approximate surface area is 101 Å². The molecule has 0 radical (unpaired) electrons. The smallest absolute Gasteiger partial charge is 0.0107 e. The zero-order valence-electron chi connectivity index (χ0n) is 11.0. The zero-order chi connectivity index (χ0) is 11.4. The number of rotatable bonds is 2. The van der Waals surface area contributed by atoms with Gasteiger partial charge in [0.15, 0.2) is 0 Å². The van der Waals surface area contributed by atoms with Crippen LogP contribution in [0.3, 0.4) is 0 Å². The summed E-state index contributed by atoms with van der Waals surface area (Å²) in [5, 5.41) is 3.88. The van der Waals surface area contributed by atoms with Crippen molar-refractivity contribution in [2.45, 2.75) is 77.3 Å². The molecule has 0 saturated heterocycles. The molecule has 2 atom stereocenters. The van der Waals surface area contributed by atoms with E-state index < -0.39 is 0 Å². The topological polar surface area (TPSA) is 12.0 Å². The predicted octanol–water partition coefficient (Wildman–Crippen LogP) is 4.04. The number of nitrogens with one attached hydrogen (secondary N) is 1. The molecule has 0 aromatic carbocycles. The van der Waals surface area contributed by atoms with Gasteiger partial charge in [0.25, 0.3) is 0 Å². The van der Waals surface area contributed by atoms with E-state index in [0.29, 0.717) is 5.41 Å². The van der Waals surface area contributed by atoms with E-state index in [-0.39, 0.29) is 0 Å². The van der Waals surface area contributed by atoms with Gasteiger partial charge >= 0.3 is 0 Å². The molecule has 0 amide bonds. The fourth-order valence-electron chi connectivity index (χ4n) is 3.11. The molecule has 16 heavy (non-hydrogen) atoms. The lowest BCUT2D eigenvalue weighted by atomic mass is 9.85. The van der Waals surface area contributed by atoms with Gasteiger partial charge in [-0.05, 0) is 50.4 Å². The van der Waals surface area contributed by atoms with Crippen molar-refractivity contribution in [3.63, 3.8) is 0 Å². The first kappa shape index (κ1) is 12.2. The van der Waals surface area contributed by atoms with E-state index in [1.165, 1.54) is 51.4 Å². The summed E-state index contributed by atoms with van der Waals surface area (Å²) in [6.45, 7) is 4.86. The Morgan fingerprint density at radius 1 is 1.00 bits per heavy atom. The summed E-state index contributed by atoms with van der Waals surface area (Å²) in [6.07, 6.45) is 15.5. The Morgan fingerprint density at radius 2 is 1.88 bits per heavy atom. The highest BCUT2D eigenvalue weighted by atomic mass is 14.9. The van der Waals surface area contributed by atoms with E-state index in [2.05, 4.69) is 31.3 Å². The molecule has 0 aromatic heterocycles. The van der Waals surface area contributed by atoms with E-state index in [4.69, 9.17) is 0 Å². The average Bonchev–Trinajstić information content (AvgIpc) is 2.42. The Balaban J connectivity index is 1.79. The quantitative estimate of drug-likeness (QED) is 0.548. The largest absolute Gasteiger partial charge is 0.311 e. The minimum atomic E-state index is 0.586. The molecule has 0 spiro atoms. The highest BCUT2D eigenvalue weighted by Gasteiger charge is 2.25. The second-order valence-electron chi connectivity index (χ2n) is 6.44. The third-order valence-electron chi connectivity index (χ3n) is 4.32. The number of allylic oxidation sites excluding steroid dienone is 1. The molecule has 0 heterocycles. The van der Waals surface area contributed by atoms with Gasteiger partial charge < -0.3 is 5.32 Å². The minimum absolute atomic E-state index is 0.586. The lowest BCUT2D eigenvalue weighted by Crippen LogP contribution is -2.38. The van der Waals surface area contributed by atoms with Crippen LogP contribution >= 0.6 is 0 Å². The van der Waals surface area contributed by atoms with Crippen molar-refractivity contribution in [1.29, 1.82) is 0 Å². The van der Waals surface area contributed by atoms with Crippen molar-refractivity contribution in [2.75, 3.05) is 0 Å². The van der Waals surface area contributed by atoms with Crippen LogP contribution in [0.4, 0.5) is 0 Å². The molecule has 2 aliphatic carbocycles.